The summed E-state index contributed by atoms with van der Waals surface area (Å²) in [6, 6.07) is 12.0. The summed E-state index contributed by atoms with van der Waals surface area (Å²) in [6.45, 7) is -1.02. The van der Waals surface area contributed by atoms with Crippen LogP contribution in [0.25, 0.3) is 0 Å². The molecule has 2 amide bonds. The maximum Gasteiger partial charge on any atom is 0.413 e. The molecule has 1 aromatic carbocycles. The number of anilines is 2. The first-order valence-electron chi connectivity index (χ1n) is 8.94. The average Bonchev–Trinajstić information content (AvgIpc) is 3.05. The van der Waals surface area contributed by atoms with Crippen LogP contribution in [-0.2, 0) is 0 Å². The quantitative estimate of drug-likeness (QED) is 0.818. The van der Waals surface area contributed by atoms with Crippen LogP contribution in [0, 0.1) is 0 Å². The zero-order valence-electron chi connectivity index (χ0n) is 15.1. The van der Waals surface area contributed by atoms with Gasteiger partial charge in [0.25, 0.3) is 5.91 Å². The van der Waals surface area contributed by atoms with Crippen LogP contribution in [0.1, 0.15) is 28.5 Å². The maximum absolute atomic E-state index is 12.4. The number of amides is 2. The van der Waals surface area contributed by atoms with Gasteiger partial charge in [-0.25, -0.2) is 9.78 Å². The lowest BCUT2D eigenvalue weighted by molar-refractivity contribution is -0.123. The molecule has 152 valence electrons. The number of nitrogens with one attached hydrogen (secondary N) is 1. The molecule has 2 N–H and O–H groups in total. The molecular weight excluding hydrogens is 389 g/mol. The van der Waals surface area contributed by atoms with E-state index in [1.165, 1.54) is 12.1 Å². The van der Waals surface area contributed by atoms with Gasteiger partial charge in [0.05, 0.1) is 17.8 Å². The molecule has 1 unspecified atom stereocenters. The van der Waals surface area contributed by atoms with E-state index >= 15 is 0 Å². The van der Waals surface area contributed by atoms with Gasteiger partial charge in [0, 0.05) is 6.54 Å². The van der Waals surface area contributed by atoms with Crippen molar-refractivity contribution in [3.63, 3.8) is 0 Å². The molecule has 4 rings (SSSR count). The van der Waals surface area contributed by atoms with Crippen LogP contribution in [0.2, 0.25) is 0 Å². The van der Waals surface area contributed by atoms with E-state index in [1.807, 2.05) is 35.2 Å². The lowest BCUT2D eigenvalue weighted by atomic mass is 10.0. The zero-order chi connectivity index (χ0) is 20.8. The zero-order valence-corrected chi connectivity index (χ0v) is 15.1. The lowest BCUT2D eigenvalue weighted by Gasteiger charge is -2.35. The third-order valence-electron chi connectivity index (χ3n) is 5.11. The second-order valence-corrected chi connectivity index (χ2v) is 6.96. The lowest BCUT2D eigenvalue weighted by Crippen LogP contribution is -2.46. The summed E-state index contributed by atoms with van der Waals surface area (Å²) in [7, 11) is 0. The highest BCUT2D eigenvalue weighted by Crippen LogP contribution is 2.47. The maximum atomic E-state index is 12.4. The molecule has 3 heterocycles. The third-order valence-corrected chi connectivity index (χ3v) is 5.11. The SMILES string of the molecule is O=C(NCC(F)(F)F)c1ccc2c(n1)N(C(=O)O)[C@H]1CC(c3ccccc3)N2C1. The van der Waals surface area contributed by atoms with Gasteiger partial charge in [-0.3, -0.25) is 9.69 Å². The number of aromatic nitrogens is 1. The molecule has 2 atom stereocenters. The largest absolute Gasteiger partial charge is 0.465 e. The van der Waals surface area contributed by atoms with E-state index in [9.17, 15) is 27.9 Å². The molecule has 0 saturated carbocycles. The Balaban J connectivity index is 1.69. The number of hydrogen-bond donors (Lipinski definition) is 2. The fraction of sp³-hybridized carbons (Fsp3) is 0.316. The molecule has 2 aromatic rings. The molecule has 1 aromatic heterocycles. The Hall–Kier alpha value is -3.30. The van der Waals surface area contributed by atoms with Crippen LogP contribution >= 0.6 is 0 Å². The molecular formula is C19H17F3N4O3. The first-order valence-corrected chi connectivity index (χ1v) is 8.94. The van der Waals surface area contributed by atoms with E-state index in [4.69, 9.17) is 0 Å². The van der Waals surface area contributed by atoms with Gasteiger partial charge in [-0.2, -0.15) is 13.2 Å². The first kappa shape index (κ1) is 19.0. The van der Waals surface area contributed by atoms with Crippen LogP contribution < -0.4 is 15.1 Å². The van der Waals surface area contributed by atoms with E-state index in [-0.39, 0.29) is 23.6 Å². The summed E-state index contributed by atoms with van der Waals surface area (Å²) in [5, 5.41) is 11.5. The number of pyridine rings is 1. The number of hydrogen-bond acceptors (Lipinski definition) is 4. The number of rotatable bonds is 3. The molecule has 0 aliphatic carbocycles. The molecule has 29 heavy (non-hydrogen) atoms. The van der Waals surface area contributed by atoms with Crippen molar-refractivity contribution in [2.24, 2.45) is 0 Å². The predicted octanol–water partition coefficient (Wildman–Crippen LogP) is 3.19. The molecule has 1 fully saturated rings. The predicted molar refractivity (Wildman–Crippen MR) is 98.1 cm³/mol. The van der Waals surface area contributed by atoms with Crippen molar-refractivity contribution in [1.82, 2.24) is 10.3 Å². The van der Waals surface area contributed by atoms with Gasteiger partial charge in [0.1, 0.15) is 12.2 Å². The van der Waals surface area contributed by atoms with Gasteiger partial charge >= 0.3 is 12.3 Å². The Kier molecular flexibility index (Phi) is 4.56. The van der Waals surface area contributed by atoms with Crippen molar-refractivity contribution in [3.8, 4) is 0 Å². The molecule has 7 nitrogen and oxygen atoms in total. The highest BCUT2D eigenvalue weighted by Gasteiger charge is 2.45. The van der Waals surface area contributed by atoms with Crippen molar-refractivity contribution in [2.45, 2.75) is 24.7 Å². The first-order chi connectivity index (χ1) is 13.7. The minimum absolute atomic E-state index is 0.0593. The molecule has 2 bridgehead atoms. The molecule has 1 saturated heterocycles. The Morgan fingerprint density at radius 2 is 1.90 bits per heavy atom. The molecule has 10 heteroatoms. The van der Waals surface area contributed by atoms with E-state index in [0.717, 1.165) is 10.5 Å². The number of alkyl halides is 3. The van der Waals surface area contributed by atoms with Gasteiger partial charge in [-0.05, 0) is 24.1 Å². The van der Waals surface area contributed by atoms with Crippen LogP contribution in [0.3, 0.4) is 0 Å². The molecule has 2 aliphatic rings. The van der Waals surface area contributed by atoms with Crippen molar-refractivity contribution >= 4 is 23.5 Å². The Morgan fingerprint density at radius 3 is 2.55 bits per heavy atom. The summed E-state index contributed by atoms with van der Waals surface area (Å²) >= 11 is 0. The standard InChI is InChI=1S/C19H17F3N4O3/c20-19(21,22)10-23-17(27)13-6-7-14-16(24-13)26(18(28)29)12-8-15(25(14)9-12)11-4-2-1-3-5-11/h1-7,12,15H,8-10H2,(H,23,27)(H,28,29)/t12-,15?/m0/s1. The molecule has 2 aliphatic heterocycles. The minimum Gasteiger partial charge on any atom is -0.465 e. The summed E-state index contributed by atoms with van der Waals surface area (Å²) < 4.78 is 37.1. The van der Waals surface area contributed by atoms with Crippen LogP contribution in [0.4, 0.5) is 29.5 Å². The Morgan fingerprint density at radius 1 is 1.17 bits per heavy atom. The van der Waals surface area contributed by atoms with Crippen LogP contribution in [0.5, 0.6) is 0 Å². The van der Waals surface area contributed by atoms with E-state index < -0.39 is 24.7 Å². The highest BCUT2D eigenvalue weighted by molar-refractivity contribution is 5.97. The van der Waals surface area contributed by atoms with Crippen LogP contribution in [-0.4, -0.2) is 47.4 Å². The van der Waals surface area contributed by atoms with E-state index in [2.05, 4.69) is 4.98 Å². The number of carbonyl (C=O) groups excluding carboxylic acids is 1. The fourth-order valence-electron chi connectivity index (χ4n) is 3.92. The Labute approximate surface area is 163 Å². The van der Waals surface area contributed by atoms with Crippen LogP contribution in [0.15, 0.2) is 42.5 Å². The van der Waals surface area contributed by atoms with Gasteiger partial charge < -0.3 is 15.3 Å². The van der Waals surface area contributed by atoms with Gasteiger partial charge in [-0.1, -0.05) is 30.3 Å². The second-order valence-electron chi connectivity index (χ2n) is 6.96. The highest BCUT2D eigenvalue weighted by atomic mass is 19.4. The monoisotopic (exact) mass is 406 g/mol. The van der Waals surface area contributed by atoms with Crippen molar-refractivity contribution in [2.75, 3.05) is 22.9 Å². The number of benzene rings is 1. The summed E-state index contributed by atoms with van der Waals surface area (Å²) in [6.07, 6.45) is -5.22. The van der Waals surface area contributed by atoms with Gasteiger partial charge in [0.15, 0.2) is 5.82 Å². The Bertz CT molecular complexity index is 951. The molecule has 0 spiro atoms. The normalized spacial score (nSPS) is 20.4. The van der Waals surface area contributed by atoms with Crippen molar-refractivity contribution in [3.05, 3.63) is 53.7 Å². The molecule has 0 radical (unpaired) electrons. The van der Waals surface area contributed by atoms with Gasteiger partial charge in [-0.15, -0.1) is 0 Å². The minimum atomic E-state index is -4.55. The van der Waals surface area contributed by atoms with Crippen molar-refractivity contribution in [1.29, 1.82) is 0 Å². The summed E-state index contributed by atoms with van der Waals surface area (Å²) in [5.41, 5.74) is 1.29. The second kappa shape index (κ2) is 6.94. The number of halogens is 3. The number of fused-ring (bicyclic) bond motifs is 4. The topological polar surface area (TPSA) is 85.8 Å². The number of nitrogens with zero attached hydrogens (tertiary/aromatic N) is 3. The van der Waals surface area contributed by atoms with E-state index in [0.29, 0.717) is 18.7 Å². The average molecular weight is 406 g/mol. The summed E-state index contributed by atoms with van der Waals surface area (Å²) in [5.74, 6) is -0.949. The van der Waals surface area contributed by atoms with Crippen molar-refractivity contribution < 1.29 is 27.9 Å². The summed E-state index contributed by atoms with van der Waals surface area (Å²) in [4.78, 5) is 31.2. The fourth-order valence-corrected chi connectivity index (χ4v) is 3.92. The van der Waals surface area contributed by atoms with E-state index in [1.54, 1.807) is 5.32 Å². The third kappa shape index (κ3) is 3.57. The van der Waals surface area contributed by atoms with Gasteiger partial charge in [0.2, 0.25) is 0 Å². The number of carbonyl (C=O) groups is 2. The number of carboxylic acid groups (broad SMARTS) is 1. The smallest absolute Gasteiger partial charge is 0.413 e.